The van der Waals surface area contributed by atoms with Crippen LogP contribution < -0.4 is 5.32 Å². The van der Waals surface area contributed by atoms with Crippen LogP contribution in [0.3, 0.4) is 0 Å². The van der Waals surface area contributed by atoms with Crippen molar-refractivity contribution in [2.24, 2.45) is 0 Å². The molecule has 166 valence electrons. The van der Waals surface area contributed by atoms with Gasteiger partial charge in [0.2, 0.25) is 11.8 Å². The van der Waals surface area contributed by atoms with E-state index in [2.05, 4.69) is 5.32 Å². The summed E-state index contributed by atoms with van der Waals surface area (Å²) in [6.45, 7) is 2.05. The molecule has 31 heavy (non-hydrogen) atoms. The number of rotatable bonds is 7. The standard InChI is InChI=1S/C24H27Cl3N2O2/c1-16(24(31)28-19-6-3-2-4-7-19)29(15-17-10-12-18(25)13-11-17)23(30)14-20-21(26)8-5-9-22(20)27/h5,8-13,16,19H,2-4,6-7,14-15H2,1H3,(H,28,31)/t16-/m0/s1. The average Bonchev–Trinajstić information content (AvgIpc) is 2.76. The number of hydrogen-bond donors (Lipinski definition) is 1. The number of hydrogen-bond acceptors (Lipinski definition) is 2. The summed E-state index contributed by atoms with van der Waals surface area (Å²) in [5.74, 6) is -0.351. The molecule has 0 saturated heterocycles. The predicted octanol–water partition coefficient (Wildman–Crippen LogP) is 6.06. The van der Waals surface area contributed by atoms with Gasteiger partial charge >= 0.3 is 0 Å². The number of nitrogens with one attached hydrogen (secondary N) is 1. The first-order valence-electron chi connectivity index (χ1n) is 10.6. The van der Waals surface area contributed by atoms with Crippen molar-refractivity contribution in [3.05, 3.63) is 68.7 Å². The first kappa shape index (κ1) is 23.9. The third-order valence-corrected chi connectivity index (χ3v) is 6.73. The van der Waals surface area contributed by atoms with Crippen LogP contribution in [0.25, 0.3) is 0 Å². The maximum atomic E-state index is 13.3. The van der Waals surface area contributed by atoms with Crippen LogP contribution in [-0.2, 0) is 22.6 Å². The quantitative estimate of drug-likeness (QED) is 0.523. The van der Waals surface area contributed by atoms with Gasteiger partial charge in [-0.25, -0.2) is 0 Å². The van der Waals surface area contributed by atoms with Crippen LogP contribution in [0.5, 0.6) is 0 Å². The van der Waals surface area contributed by atoms with Crippen molar-refractivity contribution < 1.29 is 9.59 Å². The lowest BCUT2D eigenvalue weighted by Crippen LogP contribution is -2.50. The smallest absolute Gasteiger partial charge is 0.242 e. The van der Waals surface area contributed by atoms with E-state index in [1.54, 1.807) is 42.2 Å². The maximum Gasteiger partial charge on any atom is 0.242 e. The number of amides is 2. The zero-order valence-electron chi connectivity index (χ0n) is 17.5. The molecule has 0 aliphatic heterocycles. The van der Waals surface area contributed by atoms with E-state index >= 15 is 0 Å². The number of carbonyl (C=O) groups excluding carboxylic acids is 2. The van der Waals surface area contributed by atoms with Crippen molar-refractivity contribution in [2.45, 2.75) is 64.1 Å². The minimum Gasteiger partial charge on any atom is -0.352 e. The Morgan fingerprint density at radius 1 is 1.00 bits per heavy atom. The number of halogens is 3. The molecule has 0 bridgehead atoms. The molecule has 3 rings (SSSR count). The Morgan fingerprint density at radius 2 is 1.61 bits per heavy atom. The van der Waals surface area contributed by atoms with Crippen LogP contribution in [0.2, 0.25) is 15.1 Å². The van der Waals surface area contributed by atoms with Gasteiger partial charge < -0.3 is 10.2 Å². The molecular weight excluding hydrogens is 455 g/mol. The van der Waals surface area contributed by atoms with E-state index in [0.717, 1.165) is 31.2 Å². The normalized spacial score (nSPS) is 15.4. The van der Waals surface area contributed by atoms with E-state index in [9.17, 15) is 9.59 Å². The highest BCUT2D eigenvalue weighted by molar-refractivity contribution is 6.36. The Bertz CT molecular complexity index is 891. The molecule has 1 saturated carbocycles. The monoisotopic (exact) mass is 480 g/mol. The predicted molar refractivity (Wildman–Crippen MR) is 127 cm³/mol. The summed E-state index contributed by atoms with van der Waals surface area (Å²) in [5.41, 5.74) is 1.46. The summed E-state index contributed by atoms with van der Waals surface area (Å²) in [6.07, 6.45) is 5.45. The molecule has 0 radical (unpaired) electrons. The van der Waals surface area contributed by atoms with Crippen molar-refractivity contribution in [1.29, 1.82) is 0 Å². The maximum absolute atomic E-state index is 13.3. The van der Waals surface area contributed by atoms with Crippen molar-refractivity contribution in [3.8, 4) is 0 Å². The lowest BCUT2D eigenvalue weighted by atomic mass is 9.95. The Hall–Kier alpha value is -1.75. The molecular formula is C24H27Cl3N2O2. The van der Waals surface area contributed by atoms with Crippen LogP contribution in [0.1, 0.15) is 50.2 Å². The van der Waals surface area contributed by atoms with E-state index < -0.39 is 6.04 Å². The SMILES string of the molecule is C[C@@H](C(=O)NC1CCCCC1)N(Cc1ccc(Cl)cc1)C(=O)Cc1c(Cl)cccc1Cl. The highest BCUT2D eigenvalue weighted by Crippen LogP contribution is 2.26. The second-order valence-corrected chi connectivity index (χ2v) is 9.30. The molecule has 0 unspecified atom stereocenters. The van der Waals surface area contributed by atoms with E-state index in [0.29, 0.717) is 20.6 Å². The molecule has 2 aromatic carbocycles. The van der Waals surface area contributed by atoms with Gasteiger partial charge in [-0.2, -0.15) is 0 Å². The lowest BCUT2D eigenvalue weighted by molar-refractivity contribution is -0.140. The summed E-state index contributed by atoms with van der Waals surface area (Å²) in [7, 11) is 0. The molecule has 4 nitrogen and oxygen atoms in total. The number of carbonyl (C=O) groups is 2. The molecule has 1 fully saturated rings. The molecule has 1 aliphatic carbocycles. The van der Waals surface area contributed by atoms with Crippen LogP contribution in [0.4, 0.5) is 0 Å². The summed E-state index contributed by atoms with van der Waals surface area (Å²) in [4.78, 5) is 27.9. The van der Waals surface area contributed by atoms with Crippen molar-refractivity contribution >= 4 is 46.6 Å². The molecule has 0 spiro atoms. The van der Waals surface area contributed by atoms with Gasteiger partial charge in [0.1, 0.15) is 6.04 Å². The van der Waals surface area contributed by atoms with Gasteiger partial charge in [-0.1, -0.05) is 72.3 Å². The van der Waals surface area contributed by atoms with Gasteiger partial charge in [0.25, 0.3) is 0 Å². The van der Waals surface area contributed by atoms with Gasteiger partial charge in [-0.15, -0.1) is 0 Å². The van der Waals surface area contributed by atoms with Gasteiger partial charge in [0, 0.05) is 27.7 Å². The fourth-order valence-corrected chi connectivity index (χ4v) is 4.55. The second kappa shape index (κ2) is 11.2. The summed E-state index contributed by atoms with van der Waals surface area (Å²) >= 11 is 18.6. The fraction of sp³-hybridized carbons (Fsp3) is 0.417. The molecule has 1 N–H and O–H groups in total. The lowest BCUT2D eigenvalue weighted by Gasteiger charge is -2.31. The summed E-state index contributed by atoms with van der Waals surface area (Å²) in [5, 5.41) is 4.62. The molecule has 1 aliphatic rings. The van der Waals surface area contributed by atoms with E-state index in [1.807, 2.05) is 12.1 Å². The Balaban J connectivity index is 1.79. The molecule has 1 atom stereocenters. The van der Waals surface area contributed by atoms with Crippen molar-refractivity contribution in [1.82, 2.24) is 10.2 Å². The Morgan fingerprint density at radius 3 is 2.23 bits per heavy atom. The van der Waals surface area contributed by atoms with Gasteiger partial charge in [0.15, 0.2) is 0 Å². The van der Waals surface area contributed by atoms with E-state index in [-0.39, 0.29) is 30.8 Å². The van der Waals surface area contributed by atoms with E-state index in [4.69, 9.17) is 34.8 Å². The number of benzene rings is 2. The first-order chi connectivity index (χ1) is 14.8. The van der Waals surface area contributed by atoms with Gasteiger partial charge in [-0.3, -0.25) is 9.59 Å². The van der Waals surface area contributed by atoms with Crippen molar-refractivity contribution in [2.75, 3.05) is 0 Å². The molecule has 7 heteroatoms. The van der Waals surface area contributed by atoms with Gasteiger partial charge in [0.05, 0.1) is 6.42 Å². The molecule has 2 amide bonds. The summed E-state index contributed by atoms with van der Waals surface area (Å²) < 4.78 is 0. The Kier molecular flexibility index (Phi) is 8.65. The van der Waals surface area contributed by atoms with Crippen LogP contribution in [0, 0.1) is 0 Å². The average molecular weight is 482 g/mol. The minimum absolute atomic E-state index is 0.0210. The summed E-state index contributed by atoms with van der Waals surface area (Å²) in [6, 6.07) is 12.0. The van der Waals surface area contributed by atoms with Crippen molar-refractivity contribution in [3.63, 3.8) is 0 Å². The van der Waals surface area contributed by atoms with Gasteiger partial charge in [-0.05, 0) is 55.2 Å². The molecule has 0 heterocycles. The number of nitrogens with zero attached hydrogens (tertiary/aromatic N) is 1. The zero-order valence-corrected chi connectivity index (χ0v) is 19.8. The van der Waals surface area contributed by atoms with Crippen LogP contribution in [-0.4, -0.2) is 28.8 Å². The second-order valence-electron chi connectivity index (χ2n) is 8.04. The molecule has 0 aromatic heterocycles. The first-order valence-corrected chi connectivity index (χ1v) is 11.8. The molecule has 2 aromatic rings. The Labute approximate surface area is 198 Å². The van der Waals surface area contributed by atoms with Crippen LogP contribution in [0.15, 0.2) is 42.5 Å². The highest BCUT2D eigenvalue weighted by Gasteiger charge is 2.28. The van der Waals surface area contributed by atoms with Crippen LogP contribution >= 0.6 is 34.8 Å². The topological polar surface area (TPSA) is 49.4 Å². The highest BCUT2D eigenvalue weighted by atomic mass is 35.5. The van der Waals surface area contributed by atoms with E-state index in [1.165, 1.54) is 6.42 Å². The third-order valence-electron chi connectivity index (χ3n) is 5.77. The minimum atomic E-state index is -0.633. The largest absolute Gasteiger partial charge is 0.352 e. The fourth-order valence-electron chi connectivity index (χ4n) is 3.89. The zero-order chi connectivity index (χ0) is 22.4. The third kappa shape index (κ3) is 6.61.